The van der Waals surface area contributed by atoms with Gasteiger partial charge in [-0.05, 0) is 31.6 Å². The van der Waals surface area contributed by atoms with Crippen LogP contribution in [0.3, 0.4) is 0 Å². The molecule has 0 radical (unpaired) electrons. The van der Waals surface area contributed by atoms with Crippen molar-refractivity contribution >= 4 is 5.91 Å². The van der Waals surface area contributed by atoms with Crippen molar-refractivity contribution in [3.05, 3.63) is 30.5 Å². The summed E-state index contributed by atoms with van der Waals surface area (Å²) < 4.78 is 5.54. The molecule has 1 amide bonds. The number of nitrogens with one attached hydrogen (secondary N) is 1. The molecule has 29 heavy (non-hydrogen) atoms. The fourth-order valence-electron chi connectivity index (χ4n) is 4.23. The van der Waals surface area contributed by atoms with E-state index in [1.165, 1.54) is 38.4 Å². The Morgan fingerprint density at radius 1 is 1.28 bits per heavy atom. The molecule has 0 aromatic carbocycles. The number of amides is 1. The highest BCUT2D eigenvalue weighted by atomic mass is 16.3. The number of aliphatic hydroxyl groups excluding tert-OH is 1. The van der Waals surface area contributed by atoms with E-state index in [9.17, 15) is 9.90 Å². The third kappa shape index (κ3) is 7.24. The fourth-order valence-corrected chi connectivity index (χ4v) is 4.23. The number of oxazole rings is 1. The molecular formula is C22H36N4O3. The molecule has 0 bridgehead atoms. The van der Waals surface area contributed by atoms with Crippen molar-refractivity contribution in [3.8, 4) is 0 Å². The lowest BCUT2D eigenvalue weighted by molar-refractivity contribution is 0.0642. The average molecular weight is 405 g/mol. The van der Waals surface area contributed by atoms with Crippen LogP contribution >= 0.6 is 0 Å². The second-order valence-electron chi connectivity index (χ2n) is 8.44. The third-order valence-corrected chi connectivity index (χ3v) is 6.06. The van der Waals surface area contributed by atoms with Gasteiger partial charge in [-0.15, -0.1) is 6.58 Å². The van der Waals surface area contributed by atoms with E-state index in [0.29, 0.717) is 30.6 Å². The van der Waals surface area contributed by atoms with Crippen molar-refractivity contribution in [2.75, 3.05) is 39.3 Å². The molecule has 0 unspecified atom stereocenters. The van der Waals surface area contributed by atoms with Crippen molar-refractivity contribution in [3.63, 3.8) is 0 Å². The van der Waals surface area contributed by atoms with Crippen LogP contribution in [-0.4, -0.2) is 71.2 Å². The highest BCUT2D eigenvalue weighted by molar-refractivity contribution is 5.91. The molecule has 2 fully saturated rings. The van der Waals surface area contributed by atoms with Crippen LogP contribution in [0.25, 0.3) is 0 Å². The van der Waals surface area contributed by atoms with Gasteiger partial charge in [-0.1, -0.05) is 25.3 Å². The minimum absolute atomic E-state index is 0.135. The Morgan fingerprint density at radius 2 is 2.00 bits per heavy atom. The minimum Gasteiger partial charge on any atom is -0.447 e. The lowest BCUT2D eigenvalue weighted by Crippen LogP contribution is -2.48. The highest BCUT2D eigenvalue weighted by Crippen LogP contribution is 2.22. The Hall–Kier alpha value is -1.70. The highest BCUT2D eigenvalue weighted by Gasteiger charge is 2.21. The predicted molar refractivity (Wildman–Crippen MR) is 113 cm³/mol. The predicted octanol–water partition coefficient (Wildman–Crippen LogP) is 2.43. The first-order valence-electron chi connectivity index (χ1n) is 11.1. The molecule has 162 valence electrons. The summed E-state index contributed by atoms with van der Waals surface area (Å²) in [5.41, 5.74) is 0.375. The summed E-state index contributed by atoms with van der Waals surface area (Å²) in [5.74, 6) is 1.06. The van der Waals surface area contributed by atoms with Crippen LogP contribution < -0.4 is 5.32 Å². The van der Waals surface area contributed by atoms with E-state index in [0.717, 1.165) is 45.6 Å². The third-order valence-electron chi connectivity index (χ3n) is 6.06. The number of β-amino-alcohol motifs (C(OH)–C–C–N with tert-alkyl or cyclic N) is 1. The first-order valence-corrected chi connectivity index (χ1v) is 11.1. The van der Waals surface area contributed by atoms with Crippen molar-refractivity contribution in [1.82, 2.24) is 20.1 Å². The second kappa shape index (κ2) is 11.5. The first kappa shape index (κ1) is 22.0. The Labute approximate surface area is 174 Å². The van der Waals surface area contributed by atoms with Crippen molar-refractivity contribution in [2.45, 2.75) is 57.6 Å². The monoisotopic (exact) mass is 404 g/mol. The maximum atomic E-state index is 12.3. The quantitative estimate of drug-likeness (QED) is 0.583. The topological polar surface area (TPSA) is 81.8 Å². The van der Waals surface area contributed by atoms with E-state index in [1.807, 2.05) is 6.08 Å². The van der Waals surface area contributed by atoms with Crippen molar-refractivity contribution in [2.24, 2.45) is 5.92 Å². The van der Waals surface area contributed by atoms with Crippen LogP contribution in [0.4, 0.5) is 0 Å². The number of aromatic nitrogens is 1. The van der Waals surface area contributed by atoms with Crippen LogP contribution in [0.1, 0.15) is 61.3 Å². The zero-order chi connectivity index (χ0) is 20.5. The van der Waals surface area contributed by atoms with Crippen LogP contribution in [-0.2, 0) is 6.54 Å². The summed E-state index contributed by atoms with van der Waals surface area (Å²) in [6.45, 7) is 9.41. The zero-order valence-electron chi connectivity index (χ0n) is 17.5. The number of rotatable bonds is 10. The van der Waals surface area contributed by atoms with Gasteiger partial charge >= 0.3 is 0 Å². The van der Waals surface area contributed by atoms with Crippen LogP contribution in [0.2, 0.25) is 0 Å². The molecule has 2 N–H and O–H groups in total. The number of piperazine rings is 1. The standard InChI is InChI=1S/C22H36N4O3/c1-2-3-9-19(27)15-25-10-12-26(13-11-25)16-21-24-20(17-29-21)22(28)23-14-18-7-5-4-6-8-18/h2,17-19,27H,1,3-16H2,(H,23,28)/t19-/m1/s1. The summed E-state index contributed by atoms with van der Waals surface area (Å²) in [5, 5.41) is 13.1. The van der Waals surface area contributed by atoms with Gasteiger partial charge in [0.05, 0.1) is 12.6 Å². The first-order chi connectivity index (χ1) is 14.1. The molecule has 2 heterocycles. The Balaban J connectivity index is 1.36. The minimum atomic E-state index is -0.291. The molecular weight excluding hydrogens is 368 g/mol. The molecule has 2 aliphatic rings. The van der Waals surface area contributed by atoms with Gasteiger partial charge in [-0.25, -0.2) is 4.98 Å². The molecule has 1 aliphatic heterocycles. The Morgan fingerprint density at radius 3 is 2.72 bits per heavy atom. The second-order valence-corrected chi connectivity index (χ2v) is 8.44. The van der Waals surface area contributed by atoms with Gasteiger partial charge in [0.15, 0.2) is 5.69 Å². The van der Waals surface area contributed by atoms with Gasteiger partial charge in [0, 0.05) is 39.3 Å². The molecule has 1 atom stereocenters. The Kier molecular flexibility index (Phi) is 8.70. The van der Waals surface area contributed by atoms with E-state index in [1.54, 1.807) is 0 Å². The van der Waals surface area contributed by atoms with Crippen molar-refractivity contribution in [1.29, 1.82) is 0 Å². The summed E-state index contributed by atoms with van der Waals surface area (Å²) in [6, 6.07) is 0. The van der Waals surface area contributed by atoms with E-state index in [4.69, 9.17) is 4.42 Å². The summed E-state index contributed by atoms with van der Waals surface area (Å²) in [4.78, 5) is 21.3. The van der Waals surface area contributed by atoms with Gasteiger partial charge < -0.3 is 14.8 Å². The van der Waals surface area contributed by atoms with E-state index in [2.05, 4.69) is 26.7 Å². The zero-order valence-corrected chi connectivity index (χ0v) is 17.5. The molecule has 1 aromatic rings. The smallest absolute Gasteiger partial charge is 0.273 e. The molecule has 1 aliphatic carbocycles. The Bertz CT molecular complexity index is 634. The number of carbonyl (C=O) groups excluding carboxylic acids is 1. The lowest BCUT2D eigenvalue weighted by Gasteiger charge is -2.34. The van der Waals surface area contributed by atoms with Crippen LogP contribution in [0.15, 0.2) is 23.3 Å². The molecule has 3 rings (SSSR count). The number of carbonyl (C=O) groups is 1. The summed E-state index contributed by atoms with van der Waals surface area (Å²) in [6.07, 6.45) is 10.9. The lowest BCUT2D eigenvalue weighted by atomic mass is 9.89. The van der Waals surface area contributed by atoms with Gasteiger partial charge in [0.1, 0.15) is 6.26 Å². The maximum absolute atomic E-state index is 12.3. The van der Waals surface area contributed by atoms with Crippen molar-refractivity contribution < 1.29 is 14.3 Å². The molecule has 1 saturated heterocycles. The number of hydrogen-bond acceptors (Lipinski definition) is 6. The molecule has 1 saturated carbocycles. The molecule has 1 aromatic heterocycles. The van der Waals surface area contributed by atoms with E-state index in [-0.39, 0.29) is 12.0 Å². The van der Waals surface area contributed by atoms with Gasteiger partial charge in [-0.3, -0.25) is 14.6 Å². The molecule has 7 heteroatoms. The van der Waals surface area contributed by atoms with Gasteiger partial charge in [-0.2, -0.15) is 0 Å². The number of aliphatic hydroxyl groups is 1. The normalized spacial score (nSPS) is 20.4. The SMILES string of the molecule is C=CCC[C@@H](O)CN1CCN(Cc2nc(C(=O)NCC3CCCCC3)co2)CC1. The van der Waals surface area contributed by atoms with Crippen LogP contribution in [0, 0.1) is 5.92 Å². The average Bonchev–Trinajstić information content (AvgIpc) is 3.21. The number of nitrogens with zero attached hydrogens (tertiary/aromatic N) is 3. The number of allylic oxidation sites excluding steroid dienone is 1. The summed E-state index contributed by atoms with van der Waals surface area (Å²) >= 11 is 0. The van der Waals surface area contributed by atoms with Gasteiger partial charge in [0.25, 0.3) is 5.91 Å². The fraction of sp³-hybridized carbons (Fsp3) is 0.727. The van der Waals surface area contributed by atoms with Crippen LogP contribution in [0.5, 0.6) is 0 Å². The summed E-state index contributed by atoms with van der Waals surface area (Å²) in [7, 11) is 0. The largest absolute Gasteiger partial charge is 0.447 e. The van der Waals surface area contributed by atoms with Gasteiger partial charge in [0.2, 0.25) is 5.89 Å². The number of hydrogen-bond donors (Lipinski definition) is 2. The van der Waals surface area contributed by atoms with E-state index < -0.39 is 0 Å². The molecule has 0 spiro atoms. The maximum Gasteiger partial charge on any atom is 0.273 e. The van der Waals surface area contributed by atoms with E-state index >= 15 is 0 Å². The molecule has 7 nitrogen and oxygen atoms in total.